The number of amides is 1. The number of anilines is 1. The molecule has 0 radical (unpaired) electrons. The molecule has 2 aromatic rings. The molecule has 6 heteroatoms. The van der Waals surface area contributed by atoms with E-state index in [0.717, 1.165) is 22.7 Å². The molecule has 1 amide bonds. The van der Waals surface area contributed by atoms with Gasteiger partial charge in [-0.3, -0.25) is 10.1 Å². The first kappa shape index (κ1) is 19.5. The summed E-state index contributed by atoms with van der Waals surface area (Å²) < 4.78 is 11.3. The van der Waals surface area contributed by atoms with Gasteiger partial charge < -0.3 is 14.8 Å². The summed E-state index contributed by atoms with van der Waals surface area (Å²) in [6.07, 6.45) is 0. The van der Waals surface area contributed by atoms with Crippen LogP contribution in [0.3, 0.4) is 0 Å². The Balaban J connectivity index is 1.70. The van der Waals surface area contributed by atoms with E-state index in [1.165, 1.54) is 0 Å². The first-order chi connectivity index (χ1) is 12.9. The number of ether oxygens (including phenoxy) is 2. The molecule has 144 valence electrons. The number of carbonyl (C=O) groups excluding carboxylic acids is 1. The summed E-state index contributed by atoms with van der Waals surface area (Å²) in [4.78, 5) is 12.6. The number of fused-ring (bicyclic) bond motifs is 1. The van der Waals surface area contributed by atoms with Gasteiger partial charge in [0.15, 0.2) is 11.5 Å². The van der Waals surface area contributed by atoms with Gasteiger partial charge in [0.1, 0.15) is 13.2 Å². The van der Waals surface area contributed by atoms with Crippen molar-refractivity contribution in [2.24, 2.45) is 5.92 Å². The summed E-state index contributed by atoms with van der Waals surface area (Å²) >= 11 is 5.89. The lowest BCUT2D eigenvalue weighted by Crippen LogP contribution is -2.41. The van der Waals surface area contributed by atoms with Gasteiger partial charge in [-0.25, -0.2) is 0 Å². The normalized spacial score (nSPS) is 15.3. The van der Waals surface area contributed by atoms with E-state index in [1.54, 1.807) is 24.3 Å². The standard InChI is InChI=1S/C21H25ClN2O3/c1-13(2)20(15-4-9-18-19(12-15)27-11-10-26-18)23-14(3)21(25)24-17-7-5-16(22)6-8-17/h4-9,12-14,20,23H,10-11H2,1-3H3,(H,24,25)/t14-,20-/m1/s1. The average molecular weight is 389 g/mol. The van der Waals surface area contributed by atoms with Crippen molar-refractivity contribution in [2.45, 2.75) is 32.9 Å². The summed E-state index contributed by atoms with van der Waals surface area (Å²) in [6, 6.07) is 12.7. The van der Waals surface area contributed by atoms with Crippen LogP contribution in [0.25, 0.3) is 0 Å². The summed E-state index contributed by atoms with van der Waals surface area (Å²) in [5.41, 5.74) is 1.79. The molecule has 27 heavy (non-hydrogen) atoms. The van der Waals surface area contributed by atoms with Gasteiger partial charge in [-0.2, -0.15) is 0 Å². The summed E-state index contributed by atoms with van der Waals surface area (Å²) in [6.45, 7) is 7.23. The zero-order valence-electron chi connectivity index (χ0n) is 15.8. The van der Waals surface area contributed by atoms with Crippen LogP contribution in [0.4, 0.5) is 5.69 Å². The van der Waals surface area contributed by atoms with Crippen molar-refractivity contribution in [3.63, 3.8) is 0 Å². The predicted molar refractivity (Wildman–Crippen MR) is 108 cm³/mol. The molecule has 0 spiro atoms. The van der Waals surface area contributed by atoms with Gasteiger partial charge in [-0.15, -0.1) is 0 Å². The molecule has 0 saturated heterocycles. The molecule has 0 aromatic heterocycles. The van der Waals surface area contributed by atoms with E-state index in [2.05, 4.69) is 24.5 Å². The van der Waals surface area contributed by atoms with Gasteiger partial charge >= 0.3 is 0 Å². The number of halogens is 1. The zero-order chi connectivity index (χ0) is 19.4. The van der Waals surface area contributed by atoms with Crippen LogP contribution in [0.15, 0.2) is 42.5 Å². The third-order valence-electron chi connectivity index (χ3n) is 4.53. The van der Waals surface area contributed by atoms with Gasteiger partial charge in [-0.05, 0) is 54.8 Å². The maximum Gasteiger partial charge on any atom is 0.241 e. The van der Waals surface area contributed by atoms with Crippen molar-refractivity contribution in [3.05, 3.63) is 53.1 Å². The number of hydrogen-bond donors (Lipinski definition) is 2. The molecular formula is C21H25ClN2O3. The van der Waals surface area contributed by atoms with Gasteiger partial charge in [0.25, 0.3) is 0 Å². The van der Waals surface area contributed by atoms with E-state index >= 15 is 0 Å². The lowest BCUT2D eigenvalue weighted by molar-refractivity contribution is -0.118. The molecule has 0 saturated carbocycles. The fourth-order valence-electron chi connectivity index (χ4n) is 3.06. The quantitative estimate of drug-likeness (QED) is 0.768. The lowest BCUT2D eigenvalue weighted by Gasteiger charge is -2.28. The lowest BCUT2D eigenvalue weighted by atomic mass is 9.94. The highest BCUT2D eigenvalue weighted by atomic mass is 35.5. The first-order valence-corrected chi connectivity index (χ1v) is 9.54. The third-order valence-corrected chi connectivity index (χ3v) is 4.78. The van der Waals surface area contributed by atoms with Crippen molar-refractivity contribution >= 4 is 23.2 Å². The predicted octanol–water partition coefficient (Wildman–Crippen LogP) is 4.43. The minimum Gasteiger partial charge on any atom is -0.486 e. The highest BCUT2D eigenvalue weighted by Gasteiger charge is 2.23. The fraction of sp³-hybridized carbons (Fsp3) is 0.381. The average Bonchev–Trinajstić information content (AvgIpc) is 2.67. The minimum atomic E-state index is -0.374. The van der Waals surface area contributed by atoms with Crippen molar-refractivity contribution < 1.29 is 14.3 Å². The molecule has 3 rings (SSSR count). The number of nitrogens with one attached hydrogen (secondary N) is 2. The maximum absolute atomic E-state index is 12.6. The molecule has 0 fully saturated rings. The van der Waals surface area contributed by atoms with Crippen molar-refractivity contribution in [1.82, 2.24) is 5.32 Å². The molecule has 2 atom stereocenters. The first-order valence-electron chi connectivity index (χ1n) is 9.16. The molecule has 0 bridgehead atoms. The van der Waals surface area contributed by atoms with Crippen LogP contribution >= 0.6 is 11.6 Å². The monoisotopic (exact) mass is 388 g/mol. The van der Waals surface area contributed by atoms with Gasteiger partial charge in [0, 0.05) is 16.8 Å². The molecule has 2 aromatic carbocycles. The Kier molecular flexibility index (Phi) is 6.24. The summed E-state index contributed by atoms with van der Waals surface area (Å²) in [5.74, 6) is 1.71. The van der Waals surface area contributed by atoms with Crippen LogP contribution < -0.4 is 20.1 Å². The second-order valence-corrected chi connectivity index (χ2v) is 7.45. The Bertz CT molecular complexity index is 793. The Labute approximate surface area is 165 Å². The number of carbonyl (C=O) groups is 1. The Hall–Kier alpha value is -2.24. The van der Waals surface area contributed by atoms with E-state index in [1.807, 2.05) is 25.1 Å². The highest BCUT2D eigenvalue weighted by molar-refractivity contribution is 6.30. The van der Waals surface area contributed by atoms with Crippen LogP contribution in [-0.4, -0.2) is 25.2 Å². The van der Waals surface area contributed by atoms with Crippen LogP contribution in [0.1, 0.15) is 32.4 Å². The fourth-order valence-corrected chi connectivity index (χ4v) is 3.18. The topological polar surface area (TPSA) is 59.6 Å². The number of hydrogen-bond acceptors (Lipinski definition) is 4. The minimum absolute atomic E-state index is 0.00629. The highest BCUT2D eigenvalue weighted by Crippen LogP contribution is 2.34. The number of rotatable bonds is 6. The van der Waals surface area contributed by atoms with E-state index in [9.17, 15) is 4.79 Å². The smallest absolute Gasteiger partial charge is 0.241 e. The Morgan fingerprint density at radius 1 is 1.00 bits per heavy atom. The maximum atomic E-state index is 12.6. The van der Waals surface area contributed by atoms with Gasteiger partial charge in [0.05, 0.1) is 6.04 Å². The molecule has 1 aliphatic rings. The molecular weight excluding hydrogens is 364 g/mol. The SMILES string of the molecule is CC(C)[C@@H](N[C@H](C)C(=O)Nc1ccc(Cl)cc1)c1ccc2c(c1)OCCO2. The second kappa shape index (κ2) is 8.63. The van der Waals surface area contributed by atoms with Crippen LogP contribution in [-0.2, 0) is 4.79 Å². The molecule has 0 unspecified atom stereocenters. The van der Waals surface area contributed by atoms with E-state index in [4.69, 9.17) is 21.1 Å². The molecule has 5 nitrogen and oxygen atoms in total. The van der Waals surface area contributed by atoms with Gasteiger partial charge in [0.2, 0.25) is 5.91 Å². The summed E-state index contributed by atoms with van der Waals surface area (Å²) in [7, 11) is 0. The molecule has 2 N–H and O–H groups in total. The molecule has 1 aliphatic heterocycles. The van der Waals surface area contributed by atoms with E-state index < -0.39 is 0 Å². The van der Waals surface area contributed by atoms with Crippen molar-refractivity contribution in [2.75, 3.05) is 18.5 Å². The second-order valence-electron chi connectivity index (χ2n) is 7.01. The Morgan fingerprint density at radius 2 is 1.67 bits per heavy atom. The van der Waals surface area contributed by atoms with Crippen molar-refractivity contribution in [3.8, 4) is 11.5 Å². The third kappa shape index (κ3) is 4.93. The largest absolute Gasteiger partial charge is 0.486 e. The van der Waals surface area contributed by atoms with Crippen LogP contribution in [0, 0.1) is 5.92 Å². The van der Waals surface area contributed by atoms with Crippen molar-refractivity contribution in [1.29, 1.82) is 0 Å². The zero-order valence-corrected chi connectivity index (χ0v) is 16.5. The van der Waals surface area contributed by atoms with E-state index in [0.29, 0.717) is 24.2 Å². The molecule has 1 heterocycles. The molecule has 0 aliphatic carbocycles. The van der Waals surface area contributed by atoms with Crippen LogP contribution in [0.2, 0.25) is 5.02 Å². The van der Waals surface area contributed by atoms with E-state index in [-0.39, 0.29) is 18.0 Å². The number of benzene rings is 2. The van der Waals surface area contributed by atoms with Crippen LogP contribution in [0.5, 0.6) is 11.5 Å². The van der Waals surface area contributed by atoms with Gasteiger partial charge in [-0.1, -0.05) is 31.5 Å². The summed E-state index contributed by atoms with van der Waals surface area (Å²) in [5, 5.41) is 6.98. The Morgan fingerprint density at radius 3 is 2.33 bits per heavy atom.